The van der Waals surface area contributed by atoms with E-state index < -0.39 is 6.04 Å². The van der Waals surface area contributed by atoms with E-state index in [1.165, 1.54) is 0 Å². The van der Waals surface area contributed by atoms with Crippen molar-refractivity contribution in [1.29, 1.82) is 0 Å². The fraction of sp³-hybridized carbons (Fsp3) is 0.462. The van der Waals surface area contributed by atoms with Crippen LogP contribution in [0.25, 0.3) is 0 Å². The molecule has 0 fully saturated rings. The van der Waals surface area contributed by atoms with Gasteiger partial charge in [-0.25, -0.2) is 5.84 Å². The summed E-state index contributed by atoms with van der Waals surface area (Å²) < 4.78 is 0. The first-order chi connectivity index (χ1) is 8.61. The van der Waals surface area contributed by atoms with E-state index in [2.05, 4.69) is 5.43 Å². The lowest BCUT2D eigenvalue weighted by Gasteiger charge is -2.33. The SMILES string of the molecule is CC(C)N(CCO)C(C(=O)NN)c1ccccc1. The average molecular weight is 251 g/mol. The highest BCUT2D eigenvalue weighted by molar-refractivity contribution is 5.82. The maximum absolute atomic E-state index is 12.0. The molecule has 100 valence electrons. The zero-order valence-corrected chi connectivity index (χ0v) is 10.8. The third-order valence-corrected chi connectivity index (χ3v) is 2.86. The number of hydrogen-bond donors (Lipinski definition) is 3. The molecule has 0 spiro atoms. The lowest BCUT2D eigenvalue weighted by Crippen LogP contribution is -2.46. The van der Waals surface area contributed by atoms with Gasteiger partial charge < -0.3 is 5.11 Å². The van der Waals surface area contributed by atoms with Gasteiger partial charge in [-0.2, -0.15) is 0 Å². The summed E-state index contributed by atoms with van der Waals surface area (Å²) in [4.78, 5) is 13.9. The number of hydrazine groups is 1. The van der Waals surface area contributed by atoms with Crippen LogP contribution in [0.1, 0.15) is 25.5 Å². The highest BCUT2D eigenvalue weighted by Gasteiger charge is 2.28. The number of carbonyl (C=O) groups is 1. The molecule has 1 aromatic carbocycles. The molecule has 0 bridgehead atoms. The number of rotatable bonds is 6. The first-order valence-electron chi connectivity index (χ1n) is 6.03. The molecule has 1 atom stereocenters. The van der Waals surface area contributed by atoms with E-state index in [-0.39, 0.29) is 18.6 Å². The maximum Gasteiger partial charge on any atom is 0.255 e. The van der Waals surface area contributed by atoms with Crippen LogP contribution in [0.2, 0.25) is 0 Å². The van der Waals surface area contributed by atoms with Crippen molar-refractivity contribution in [2.24, 2.45) is 5.84 Å². The molecule has 1 aromatic rings. The smallest absolute Gasteiger partial charge is 0.255 e. The Morgan fingerprint density at radius 1 is 1.39 bits per heavy atom. The van der Waals surface area contributed by atoms with E-state index in [9.17, 15) is 4.79 Å². The van der Waals surface area contributed by atoms with E-state index >= 15 is 0 Å². The van der Waals surface area contributed by atoms with Gasteiger partial charge in [-0.15, -0.1) is 0 Å². The number of amides is 1. The molecule has 4 N–H and O–H groups in total. The Hall–Kier alpha value is -1.43. The third kappa shape index (κ3) is 3.53. The van der Waals surface area contributed by atoms with Crippen molar-refractivity contribution in [3.05, 3.63) is 35.9 Å². The van der Waals surface area contributed by atoms with Crippen LogP contribution in [0.4, 0.5) is 0 Å². The number of aliphatic hydroxyl groups is 1. The molecule has 1 unspecified atom stereocenters. The molecule has 0 radical (unpaired) electrons. The Kier molecular flexibility index (Phi) is 5.77. The van der Waals surface area contributed by atoms with Crippen LogP contribution in [-0.2, 0) is 4.79 Å². The Labute approximate surface area is 108 Å². The van der Waals surface area contributed by atoms with Crippen LogP contribution in [0.15, 0.2) is 30.3 Å². The molecule has 0 saturated heterocycles. The van der Waals surface area contributed by atoms with E-state index in [0.717, 1.165) is 5.56 Å². The molecule has 5 heteroatoms. The molecule has 0 aliphatic heterocycles. The van der Waals surface area contributed by atoms with Gasteiger partial charge in [0.25, 0.3) is 5.91 Å². The van der Waals surface area contributed by atoms with Gasteiger partial charge in [-0.1, -0.05) is 30.3 Å². The minimum atomic E-state index is -0.483. The molecule has 18 heavy (non-hydrogen) atoms. The number of carbonyl (C=O) groups excluding carboxylic acids is 1. The van der Waals surface area contributed by atoms with Crippen molar-refractivity contribution in [2.75, 3.05) is 13.2 Å². The van der Waals surface area contributed by atoms with Gasteiger partial charge in [0, 0.05) is 12.6 Å². The Bertz CT molecular complexity index is 368. The molecule has 0 aromatic heterocycles. The van der Waals surface area contributed by atoms with Crippen LogP contribution in [0.5, 0.6) is 0 Å². The molecule has 1 rings (SSSR count). The average Bonchev–Trinajstić information content (AvgIpc) is 2.39. The van der Waals surface area contributed by atoms with Crippen LogP contribution in [0, 0.1) is 0 Å². The number of benzene rings is 1. The van der Waals surface area contributed by atoms with Gasteiger partial charge >= 0.3 is 0 Å². The van der Waals surface area contributed by atoms with E-state index in [4.69, 9.17) is 10.9 Å². The molecular weight excluding hydrogens is 230 g/mol. The normalized spacial score (nSPS) is 12.8. The Balaban J connectivity index is 3.07. The number of hydrogen-bond acceptors (Lipinski definition) is 4. The predicted molar refractivity (Wildman–Crippen MR) is 70.4 cm³/mol. The van der Waals surface area contributed by atoms with E-state index in [1.54, 1.807) is 0 Å². The molecule has 5 nitrogen and oxygen atoms in total. The zero-order chi connectivity index (χ0) is 13.5. The minimum Gasteiger partial charge on any atom is -0.395 e. The van der Waals surface area contributed by atoms with Crippen LogP contribution in [-0.4, -0.2) is 35.1 Å². The van der Waals surface area contributed by atoms with Crippen molar-refractivity contribution in [2.45, 2.75) is 25.9 Å². The predicted octanol–water partition coefficient (Wildman–Crippen LogP) is 0.420. The molecule has 0 heterocycles. The molecule has 0 saturated carbocycles. The van der Waals surface area contributed by atoms with Gasteiger partial charge in [-0.3, -0.25) is 15.1 Å². The monoisotopic (exact) mass is 251 g/mol. The van der Waals surface area contributed by atoms with Gasteiger partial charge in [0.2, 0.25) is 0 Å². The number of nitrogens with one attached hydrogen (secondary N) is 1. The highest BCUT2D eigenvalue weighted by atomic mass is 16.3. The quantitative estimate of drug-likeness (QED) is 0.389. The molecule has 1 amide bonds. The molecular formula is C13H21N3O2. The van der Waals surface area contributed by atoms with Crippen LogP contribution in [0.3, 0.4) is 0 Å². The van der Waals surface area contributed by atoms with Crippen LogP contribution < -0.4 is 11.3 Å². The second-order valence-corrected chi connectivity index (χ2v) is 4.38. The Morgan fingerprint density at radius 2 is 2.00 bits per heavy atom. The van der Waals surface area contributed by atoms with Crippen molar-refractivity contribution in [3.8, 4) is 0 Å². The first-order valence-corrected chi connectivity index (χ1v) is 6.03. The van der Waals surface area contributed by atoms with Crippen LogP contribution >= 0.6 is 0 Å². The summed E-state index contributed by atoms with van der Waals surface area (Å²) in [6.07, 6.45) is 0. The van der Waals surface area contributed by atoms with Gasteiger partial charge in [0.05, 0.1) is 6.61 Å². The minimum absolute atomic E-state index is 0.000630. The summed E-state index contributed by atoms with van der Waals surface area (Å²) >= 11 is 0. The summed E-state index contributed by atoms with van der Waals surface area (Å²) in [5.41, 5.74) is 3.06. The maximum atomic E-state index is 12.0. The first kappa shape index (κ1) is 14.6. The van der Waals surface area contributed by atoms with E-state index in [1.807, 2.05) is 49.1 Å². The fourth-order valence-electron chi connectivity index (χ4n) is 2.01. The van der Waals surface area contributed by atoms with Crippen molar-refractivity contribution >= 4 is 5.91 Å². The molecule has 0 aliphatic carbocycles. The van der Waals surface area contributed by atoms with Crippen molar-refractivity contribution < 1.29 is 9.90 Å². The van der Waals surface area contributed by atoms with Gasteiger partial charge in [0.15, 0.2) is 0 Å². The summed E-state index contributed by atoms with van der Waals surface area (Å²) in [5, 5.41) is 9.13. The van der Waals surface area contributed by atoms with Gasteiger partial charge in [-0.05, 0) is 19.4 Å². The lowest BCUT2D eigenvalue weighted by molar-refractivity contribution is -0.127. The van der Waals surface area contributed by atoms with Gasteiger partial charge in [0.1, 0.15) is 6.04 Å². The summed E-state index contributed by atoms with van der Waals surface area (Å²) in [7, 11) is 0. The topological polar surface area (TPSA) is 78.6 Å². The second kappa shape index (κ2) is 7.10. The lowest BCUT2D eigenvalue weighted by atomic mass is 10.0. The van der Waals surface area contributed by atoms with E-state index in [0.29, 0.717) is 6.54 Å². The second-order valence-electron chi connectivity index (χ2n) is 4.38. The third-order valence-electron chi connectivity index (χ3n) is 2.86. The van der Waals surface area contributed by atoms with Crippen molar-refractivity contribution in [3.63, 3.8) is 0 Å². The summed E-state index contributed by atoms with van der Waals surface area (Å²) in [6, 6.07) is 9.06. The number of nitrogens with zero attached hydrogens (tertiary/aromatic N) is 1. The largest absolute Gasteiger partial charge is 0.395 e. The molecule has 0 aliphatic rings. The highest BCUT2D eigenvalue weighted by Crippen LogP contribution is 2.22. The van der Waals surface area contributed by atoms with Crippen molar-refractivity contribution in [1.82, 2.24) is 10.3 Å². The standard InChI is InChI=1S/C13H21N3O2/c1-10(2)16(8-9-17)12(13(18)15-14)11-6-4-3-5-7-11/h3-7,10,12,17H,8-9,14H2,1-2H3,(H,15,18). The summed E-state index contributed by atoms with van der Waals surface area (Å²) in [5.74, 6) is 4.98. The number of aliphatic hydroxyl groups excluding tert-OH is 1. The number of nitrogens with two attached hydrogens (primary N) is 1. The Morgan fingerprint density at radius 3 is 2.44 bits per heavy atom. The summed E-state index contributed by atoms with van der Waals surface area (Å²) in [6.45, 7) is 4.38. The zero-order valence-electron chi connectivity index (χ0n) is 10.8. The fourth-order valence-corrected chi connectivity index (χ4v) is 2.01.